The second kappa shape index (κ2) is 3.43. The number of rotatable bonds is 2. The van der Waals surface area contributed by atoms with Gasteiger partial charge in [0.25, 0.3) is 9.05 Å². The molecule has 1 aromatic carbocycles. The molecule has 0 amide bonds. The third-order valence-electron chi connectivity index (χ3n) is 1.35. The lowest BCUT2D eigenvalue weighted by Gasteiger charge is -1.98. The lowest BCUT2D eigenvalue weighted by molar-refractivity contribution is 0.112. The van der Waals surface area contributed by atoms with Crippen LogP contribution in [0.4, 0.5) is 4.39 Å². The molecule has 0 fully saturated rings. The molecule has 0 radical (unpaired) electrons. The van der Waals surface area contributed by atoms with Crippen LogP contribution >= 0.6 is 10.7 Å². The van der Waals surface area contributed by atoms with E-state index in [-0.39, 0.29) is 5.56 Å². The van der Waals surface area contributed by atoms with Gasteiger partial charge < -0.3 is 0 Å². The summed E-state index contributed by atoms with van der Waals surface area (Å²) >= 11 is 0. The van der Waals surface area contributed by atoms with Crippen molar-refractivity contribution in [3.63, 3.8) is 0 Å². The third kappa shape index (κ3) is 2.26. The molecule has 3 nitrogen and oxygen atoms in total. The zero-order valence-electron chi connectivity index (χ0n) is 6.20. The van der Waals surface area contributed by atoms with Gasteiger partial charge in [-0.2, -0.15) is 0 Å². The molecule has 0 N–H and O–H groups in total. The van der Waals surface area contributed by atoms with Crippen molar-refractivity contribution < 1.29 is 17.6 Å². The number of carbonyl (C=O) groups is 1. The van der Waals surface area contributed by atoms with Gasteiger partial charge in [-0.3, -0.25) is 4.79 Å². The van der Waals surface area contributed by atoms with Gasteiger partial charge >= 0.3 is 0 Å². The van der Waals surface area contributed by atoms with Crippen molar-refractivity contribution in [1.82, 2.24) is 0 Å². The predicted octanol–water partition coefficient (Wildman–Crippen LogP) is 1.57. The first-order valence-electron chi connectivity index (χ1n) is 3.14. The fraction of sp³-hybridized carbons (Fsp3) is 0. The molecule has 0 spiro atoms. The normalized spacial score (nSPS) is 11.2. The minimum atomic E-state index is -4.13. The molecule has 0 saturated heterocycles. The summed E-state index contributed by atoms with van der Waals surface area (Å²) in [4.78, 5) is 9.55. The van der Waals surface area contributed by atoms with Gasteiger partial charge in [-0.05, 0) is 18.2 Å². The summed E-state index contributed by atoms with van der Waals surface area (Å²) in [5.74, 6) is -0.972. The number of benzene rings is 1. The molecule has 1 rings (SSSR count). The fourth-order valence-corrected chi connectivity index (χ4v) is 1.71. The highest BCUT2D eigenvalue weighted by atomic mass is 35.7. The number of carbonyl (C=O) groups excluding carboxylic acids is 1. The SMILES string of the molecule is O=Cc1ccc(F)c(S(=O)(=O)Cl)c1. The summed E-state index contributed by atoms with van der Waals surface area (Å²) < 4.78 is 34.3. The summed E-state index contributed by atoms with van der Waals surface area (Å²) in [6.07, 6.45) is 0.408. The number of hydrogen-bond donors (Lipinski definition) is 0. The topological polar surface area (TPSA) is 51.2 Å². The molecule has 6 heteroatoms. The van der Waals surface area contributed by atoms with E-state index < -0.39 is 19.8 Å². The summed E-state index contributed by atoms with van der Waals surface area (Å²) in [6.45, 7) is 0. The highest BCUT2D eigenvalue weighted by Gasteiger charge is 2.16. The van der Waals surface area contributed by atoms with Gasteiger partial charge in [0.2, 0.25) is 0 Å². The minimum absolute atomic E-state index is 0.0561. The van der Waals surface area contributed by atoms with E-state index in [1.54, 1.807) is 0 Å². The van der Waals surface area contributed by atoms with Gasteiger partial charge in [-0.15, -0.1) is 0 Å². The second-order valence-electron chi connectivity index (χ2n) is 2.25. The fourth-order valence-electron chi connectivity index (χ4n) is 0.780. The van der Waals surface area contributed by atoms with Crippen molar-refractivity contribution in [3.05, 3.63) is 29.6 Å². The van der Waals surface area contributed by atoms with E-state index in [4.69, 9.17) is 10.7 Å². The van der Waals surface area contributed by atoms with Crippen LogP contribution in [-0.4, -0.2) is 14.7 Å². The van der Waals surface area contributed by atoms with E-state index in [0.717, 1.165) is 18.2 Å². The minimum Gasteiger partial charge on any atom is -0.298 e. The quantitative estimate of drug-likeness (QED) is 0.564. The number of halogens is 2. The molecule has 0 unspecified atom stereocenters. The Balaban J connectivity index is 3.44. The van der Waals surface area contributed by atoms with Crippen LogP contribution in [-0.2, 0) is 9.05 Å². The largest absolute Gasteiger partial charge is 0.298 e. The van der Waals surface area contributed by atoms with Gasteiger partial charge in [0.1, 0.15) is 17.0 Å². The van der Waals surface area contributed by atoms with Crippen LogP contribution in [0.25, 0.3) is 0 Å². The molecule has 0 aliphatic rings. The highest BCUT2D eigenvalue weighted by molar-refractivity contribution is 8.13. The Morgan fingerprint density at radius 3 is 2.46 bits per heavy atom. The van der Waals surface area contributed by atoms with E-state index >= 15 is 0 Å². The lowest BCUT2D eigenvalue weighted by Crippen LogP contribution is -1.96. The molecule has 0 saturated carbocycles. The van der Waals surface area contributed by atoms with Crippen LogP contribution in [0.1, 0.15) is 10.4 Å². The van der Waals surface area contributed by atoms with Gasteiger partial charge in [0.15, 0.2) is 0 Å². The maximum Gasteiger partial charge on any atom is 0.264 e. The Morgan fingerprint density at radius 2 is 2.00 bits per heavy atom. The van der Waals surface area contributed by atoms with Crippen LogP contribution in [0, 0.1) is 5.82 Å². The van der Waals surface area contributed by atoms with Crippen LogP contribution in [0.2, 0.25) is 0 Å². The van der Waals surface area contributed by atoms with Gasteiger partial charge in [-0.1, -0.05) is 0 Å². The third-order valence-corrected chi connectivity index (χ3v) is 2.69. The Bertz CT molecular complexity index is 441. The highest BCUT2D eigenvalue weighted by Crippen LogP contribution is 2.19. The van der Waals surface area contributed by atoms with Crippen molar-refractivity contribution in [1.29, 1.82) is 0 Å². The standard InChI is InChI=1S/C7H4ClFO3S/c8-13(11,12)7-3-5(4-10)1-2-6(7)9/h1-4H. The number of hydrogen-bond acceptors (Lipinski definition) is 3. The van der Waals surface area contributed by atoms with Crippen molar-refractivity contribution in [2.45, 2.75) is 4.90 Å². The Morgan fingerprint density at radius 1 is 1.38 bits per heavy atom. The van der Waals surface area contributed by atoms with Crippen molar-refractivity contribution in [3.8, 4) is 0 Å². The molecule has 0 aliphatic carbocycles. The van der Waals surface area contributed by atoms with Crippen molar-refractivity contribution >= 4 is 26.0 Å². The van der Waals surface area contributed by atoms with Crippen LogP contribution in [0.15, 0.2) is 23.1 Å². The van der Waals surface area contributed by atoms with Crippen LogP contribution in [0.5, 0.6) is 0 Å². The Labute approximate surface area is 78.6 Å². The Kier molecular flexibility index (Phi) is 2.68. The van der Waals surface area contributed by atoms with E-state index in [1.165, 1.54) is 0 Å². The van der Waals surface area contributed by atoms with Crippen LogP contribution in [0.3, 0.4) is 0 Å². The summed E-state index contributed by atoms with van der Waals surface area (Å²) in [6, 6.07) is 2.91. The van der Waals surface area contributed by atoms with E-state index in [1.807, 2.05) is 0 Å². The first-order valence-corrected chi connectivity index (χ1v) is 5.45. The second-order valence-corrected chi connectivity index (χ2v) is 4.78. The first-order chi connectivity index (χ1) is 5.95. The van der Waals surface area contributed by atoms with Gasteiger partial charge in [-0.25, -0.2) is 12.8 Å². The lowest BCUT2D eigenvalue weighted by atomic mass is 10.2. The maximum absolute atomic E-state index is 12.8. The summed E-state index contributed by atoms with van der Waals surface area (Å²) in [7, 11) is 0.781. The first kappa shape index (κ1) is 10.1. The molecule has 1 aromatic rings. The smallest absolute Gasteiger partial charge is 0.264 e. The van der Waals surface area contributed by atoms with E-state index in [9.17, 15) is 17.6 Å². The summed E-state index contributed by atoms with van der Waals surface area (Å²) in [5, 5.41) is 0. The molecule has 0 bridgehead atoms. The predicted molar refractivity (Wildman–Crippen MR) is 44.8 cm³/mol. The van der Waals surface area contributed by atoms with E-state index in [0.29, 0.717) is 6.29 Å². The monoisotopic (exact) mass is 222 g/mol. The average molecular weight is 223 g/mol. The van der Waals surface area contributed by atoms with Gasteiger partial charge in [0.05, 0.1) is 0 Å². The Hall–Kier alpha value is -0.940. The van der Waals surface area contributed by atoms with Crippen molar-refractivity contribution in [2.75, 3.05) is 0 Å². The molecule has 0 aliphatic heterocycles. The van der Waals surface area contributed by atoms with Gasteiger partial charge in [0, 0.05) is 16.2 Å². The molecule has 0 atom stereocenters. The molecule has 13 heavy (non-hydrogen) atoms. The molecule has 0 aromatic heterocycles. The molecular formula is C7H4ClFO3S. The number of aldehydes is 1. The molecule has 70 valence electrons. The zero-order chi connectivity index (χ0) is 10.1. The summed E-state index contributed by atoms with van der Waals surface area (Å²) in [5.41, 5.74) is 0.0561. The zero-order valence-corrected chi connectivity index (χ0v) is 7.77. The van der Waals surface area contributed by atoms with E-state index in [2.05, 4.69) is 0 Å². The molecule has 0 heterocycles. The van der Waals surface area contributed by atoms with Crippen LogP contribution < -0.4 is 0 Å². The average Bonchev–Trinajstić information content (AvgIpc) is 2.03. The molecular weight excluding hydrogens is 219 g/mol. The van der Waals surface area contributed by atoms with Crippen molar-refractivity contribution in [2.24, 2.45) is 0 Å². The maximum atomic E-state index is 12.8.